The standard InChI is InChI=1S/C22H16ClF3N4O2/c1-12(31)18-10-15(7-8-27-18)32-14-4-6-20-19(11-14)29-21(30(20)2)28-13-3-5-17(23)16(9-13)22(24,25)26/h3-11H,1-2H3,(H,28,29). The van der Waals surface area contributed by atoms with E-state index in [4.69, 9.17) is 16.3 Å². The maximum atomic E-state index is 13.1. The largest absolute Gasteiger partial charge is 0.457 e. The van der Waals surface area contributed by atoms with Crippen molar-refractivity contribution in [2.45, 2.75) is 13.1 Å². The molecule has 2 heterocycles. The number of hydrogen-bond acceptors (Lipinski definition) is 5. The molecule has 164 valence electrons. The van der Waals surface area contributed by atoms with Crippen LogP contribution in [-0.4, -0.2) is 20.3 Å². The lowest BCUT2D eigenvalue weighted by Crippen LogP contribution is -2.07. The molecule has 0 unspecified atom stereocenters. The Hall–Kier alpha value is -3.59. The molecule has 0 fully saturated rings. The maximum Gasteiger partial charge on any atom is 0.417 e. The van der Waals surface area contributed by atoms with E-state index in [0.717, 1.165) is 11.6 Å². The zero-order valence-electron chi connectivity index (χ0n) is 16.9. The summed E-state index contributed by atoms with van der Waals surface area (Å²) in [4.78, 5) is 19.9. The molecule has 2 aromatic carbocycles. The molecule has 4 aromatic rings. The van der Waals surface area contributed by atoms with Crippen LogP contribution >= 0.6 is 11.6 Å². The van der Waals surface area contributed by atoms with E-state index in [2.05, 4.69) is 15.3 Å². The zero-order valence-corrected chi connectivity index (χ0v) is 17.6. The molecule has 0 aliphatic heterocycles. The van der Waals surface area contributed by atoms with Crippen molar-refractivity contribution in [3.63, 3.8) is 0 Å². The van der Waals surface area contributed by atoms with Crippen molar-refractivity contribution in [2.24, 2.45) is 7.05 Å². The van der Waals surface area contributed by atoms with E-state index in [9.17, 15) is 18.0 Å². The molecule has 32 heavy (non-hydrogen) atoms. The van der Waals surface area contributed by atoms with Gasteiger partial charge in [0.1, 0.15) is 17.2 Å². The predicted octanol–water partition coefficient (Wildman–Crippen LogP) is 6.38. The molecule has 1 N–H and O–H groups in total. The number of aryl methyl sites for hydroxylation is 1. The van der Waals surface area contributed by atoms with Crippen molar-refractivity contribution < 1.29 is 22.7 Å². The highest BCUT2D eigenvalue weighted by Crippen LogP contribution is 2.37. The van der Waals surface area contributed by atoms with Gasteiger partial charge in [-0.2, -0.15) is 13.2 Å². The number of Topliss-reactive ketones (excluding diaryl/α,β-unsaturated/α-hetero) is 1. The van der Waals surface area contributed by atoms with Crippen molar-refractivity contribution in [1.82, 2.24) is 14.5 Å². The normalized spacial score (nSPS) is 11.6. The van der Waals surface area contributed by atoms with Crippen LogP contribution in [0.2, 0.25) is 5.02 Å². The summed E-state index contributed by atoms with van der Waals surface area (Å²) in [6.07, 6.45) is -3.09. The number of nitrogens with zero attached hydrogens (tertiary/aromatic N) is 3. The summed E-state index contributed by atoms with van der Waals surface area (Å²) in [7, 11) is 1.74. The van der Waals surface area contributed by atoms with E-state index in [1.165, 1.54) is 31.3 Å². The molecular formula is C22H16ClF3N4O2. The SMILES string of the molecule is CC(=O)c1cc(Oc2ccc3c(c2)nc(Nc2ccc(Cl)c(C(F)(F)F)c2)n3C)ccn1. The summed E-state index contributed by atoms with van der Waals surface area (Å²) in [5.41, 5.74) is 0.863. The lowest BCUT2D eigenvalue weighted by molar-refractivity contribution is -0.137. The minimum absolute atomic E-state index is 0.178. The molecule has 0 aliphatic rings. The van der Waals surface area contributed by atoms with Crippen molar-refractivity contribution in [1.29, 1.82) is 0 Å². The van der Waals surface area contributed by atoms with Crippen molar-refractivity contribution in [3.8, 4) is 11.5 Å². The molecule has 0 saturated heterocycles. The number of ether oxygens (including phenoxy) is 1. The molecule has 4 rings (SSSR count). The number of carbonyl (C=O) groups excluding carboxylic acids is 1. The number of fused-ring (bicyclic) bond motifs is 1. The van der Waals surface area contributed by atoms with Crippen molar-refractivity contribution in [3.05, 3.63) is 71.0 Å². The molecule has 6 nitrogen and oxygen atoms in total. The van der Waals surface area contributed by atoms with Crippen LogP contribution < -0.4 is 10.1 Å². The summed E-state index contributed by atoms with van der Waals surface area (Å²) in [5.74, 6) is 1.09. The van der Waals surface area contributed by atoms with Crippen molar-refractivity contribution in [2.75, 3.05) is 5.32 Å². The Bertz CT molecular complexity index is 1330. The van der Waals surface area contributed by atoms with E-state index < -0.39 is 11.7 Å². The Balaban J connectivity index is 1.62. The second-order valence-electron chi connectivity index (χ2n) is 7.00. The Morgan fingerprint density at radius 3 is 2.56 bits per heavy atom. The Kier molecular flexibility index (Phi) is 5.52. The number of hydrogen-bond donors (Lipinski definition) is 1. The second-order valence-corrected chi connectivity index (χ2v) is 7.40. The molecule has 0 saturated carbocycles. The van der Waals surface area contributed by atoms with Gasteiger partial charge < -0.3 is 14.6 Å². The number of benzene rings is 2. The lowest BCUT2D eigenvalue weighted by Gasteiger charge is -2.12. The van der Waals surface area contributed by atoms with Crippen LogP contribution in [0.1, 0.15) is 23.0 Å². The van der Waals surface area contributed by atoms with Crippen LogP contribution in [0.25, 0.3) is 11.0 Å². The molecule has 0 spiro atoms. The summed E-state index contributed by atoms with van der Waals surface area (Å²) in [6, 6.07) is 11.9. The van der Waals surface area contributed by atoms with E-state index >= 15 is 0 Å². The van der Waals surface area contributed by atoms with Gasteiger partial charge in [-0.3, -0.25) is 9.78 Å². The molecule has 0 aliphatic carbocycles. The maximum absolute atomic E-state index is 13.1. The van der Waals surface area contributed by atoms with Gasteiger partial charge in [0, 0.05) is 38.0 Å². The first-order chi connectivity index (χ1) is 15.1. The number of imidazole rings is 1. The molecule has 0 atom stereocenters. The third kappa shape index (κ3) is 4.38. The lowest BCUT2D eigenvalue weighted by atomic mass is 10.2. The smallest absolute Gasteiger partial charge is 0.417 e. The zero-order chi connectivity index (χ0) is 23.0. The summed E-state index contributed by atoms with van der Waals surface area (Å²) < 4.78 is 46.9. The van der Waals surface area contributed by atoms with Gasteiger partial charge in [-0.1, -0.05) is 11.6 Å². The average Bonchev–Trinajstić information content (AvgIpc) is 3.03. The first-order valence-electron chi connectivity index (χ1n) is 9.37. The number of halogens is 4. The average molecular weight is 461 g/mol. The molecule has 0 amide bonds. The number of aromatic nitrogens is 3. The molecule has 0 bridgehead atoms. The van der Waals surface area contributed by atoms with E-state index in [-0.39, 0.29) is 22.2 Å². The van der Waals surface area contributed by atoms with E-state index in [0.29, 0.717) is 23.0 Å². The van der Waals surface area contributed by atoms with E-state index in [1.807, 2.05) is 0 Å². The van der Waals surface area contributed by atoms with Crippen LogP contribution in [0.3, 0.4) is 0 Å². The van der Waals surface area contributed by atoms with E-state index in [1.54, 1.807) is 35.9 Å². The Labute approximate surface area is 185 Å². The van der Waals surface area contributed by atoms with Gasteiger partial charge >= 0.3 is 6.18 Å². The topological polar surface area (TPSA) is 69.0 Å². The van der Waals surface area contributed by atoms with Gasteiger partial charge in [-0.25, -0.2) is 4.98 Å². The highest BCUT2D eigenvalue weighted by molar-refractivity contribution is 6.31. The summed E-state index contributed by atoms with van der Waals surface area (Å²) >= 11 is 5.69. The van der Waals surface area contributed by atoms with Crippen molar-refractivity contribution >= 4 is 40.1 Å². The van der Waals surface area contributed by atoms with Crippen LogP contribution in [0, 0.1) is 0 Å². The fourth-order valence-electron chi connectivity index (χ4n) is 3.11. The van der Waals surface area contributed by atoms with Gasteiger partial charge in [-0.05, 0) is 36.4 Å². The first kappa shape index (κ1) is 21.6. The van der Waals surface area contributed by atoms with Gasteiger partial charge in [0.05, 0.1) is 21.6 Å². The molecule has 0 radical (unpaired) electrons. The van der Waals surface area contributed by atoms with Crippen LogP contribution in [-0.2, 0) is 13.2 Å². The molecule has 2 aromatic heterocycles. The number of alkyl halides is 3. The second kappa shape index (κ2) is 8.16. The Morgan fingerprint density at radius 1 is 1.09 bits per heavy atom. The minimum Gasteiger partial charge on any atom is -0.457 e. The molecule has 10 heteroatoms. The number of ketones is 1. The number of rotatable bonds is 5. The molecular weight excluding hydrogens is 445 g/mol. The predicted molar refractivity (Wildman–Crippen MR) is 115 cm³/mol. The van der Waals surface area contributed by atoms with Gasteiger partial charge in [0.2, 0.25) is 5.95 Å². The summed E-state index contributed by atoms with van der Waals surface area (Å²) in [5, 5.41) is 2.52. The monoisotopic (exact) mass is 460 g/mol. The number of carbonyl (C=O) groups is 1. The number of pyridine rings is 1. The quantitative estimate of drug-likeness (QED) is 0.350. The highest BCUT2D eigenvalue weighted by Gasteiger charge is 2.33. The first-order valence-corrected chi connectivity index (χ1v) is 9.75. The van der Waals surface area contributed by atoms with Crippen LogP contribution in [0.4, 0.5) is 24.8 Å². The number of anilines is 2. The highest BCUT2D eigenvalue weighted by atomic mass is 35.5. The fourth-order valence-corrected chi connectivity index (χ4v) is 3.33. The van der Waals surface area contributed by atoms with Crippen LogP contribution in [0.5, 0.6) is 11.5 Å². The summed E-state index contributed by atoms with van der Waals surface area (Å²) in [6.45, 7) is 1.42. The number of nitrogens with one attached hydrogen (secondary N) is 1. The van der Waals surface area contributed by atoms with Gasteiger partial charge in [0.15, 0.2) is 5.78 Å². The third-order valence-electron chi connectivity index (χ3n) is 4.71. The third-order valence-corrected chi connectivity index (χ3v) is 5.04. The van der Waals surface area contributed by atoms with Gasteiger partial charge in [0.25, 0.3) is 0 Å². The van der Waals surface area contributed by atoms with Gasteiger partial charge in [-0.15, -0.1) is 0 Å². The fraction of sp³-hybridized carbons (Fsp3) is 0.136. The van der Waals surface area contributed by atoms with Crippen LogP contribution in [0.15, 0.2) is 54.7 Å². The minimum atomic E-state index is -4.57. The Morgan fingerprint density at radius 2 is 1.84 bits per heavy atom.